The van der Waals surface area contributed by atoms with Gasteiger partial charge in [-0.3, -0.25) is 4.72 Å². The minimum atomic E-state index is -3.83. The van der Waals surface area contributed by atoms with Gasteiger partial charge in [-0.15, -0.1) is 0 Å². The lowest BCUT2D eigenvalue weighted by atomic mass is 10.1. The summed E-state index contributed by atoms with van der Waals surface area (Å²) < 4.78 is 40.7. The second-order valence-corrected chi connectivity index (χ2v) is 6.60. The molecule has 0 unspecified atom stereocenters. The fourth-order valence-corrected chi connectivity index (χ4v) is 3.83. The van der Waals surface area contributed by atoms with Crippen molar-refractivity contribution in [2.24, 2.45) is 0 Å². The first kappa shape index (κ1) is 15.3. The zero-order chi connectivity index (χ0) is 15.8. The molecule has 112 valence electrons. The Morgan fingerprint density at radius 2 is 1.76 bits per heavy atom. The number of halogens is 1. The van der Waals surface area contributed by atoms with Crippen molar-refractivity contribution in [3.63, 3.8) is 0 Å². The molecule has 0 amide bonds. The zero-order valence-corrected chi connectivity index (χ0v) is 12.9. The van der Waals surface area contributed by atoms with Gasteiger partial charge < -0.3 is 5.73 Å². The van der Waals surface area contributed by atoms with E-state index < -0.39 is 15.8 Å². The summed E-state index contributed by atoms with van der Waals surface area (Å²) in [5.41, 5.74) is 8.35. The topological polar surface area (TPSA) is 72.2 Å². The third kappa shape index (κ3) is 3.00. The van der Waals surface area contributed by atoms with E-state index in [-0.39, 0.29) is 10.6 Å². The molecule has 0 saturated heterocycles. The van der Waals surface area contributed by atoms with Crippen molar-refractivity contribution < 1.29 is 12.8 Å². The largest absolute Gasteiger partial charge is 0.398 e. The van der Waals surface area contributed by atoms with E-state index in [0.717, 1.165) is 11.6 Å². The van der Waals surface area contributed by atoms with Crippen LogP contribution in [0.1, 0.15) is 16.7 Å². The Morgan fingerprint density at radius 3 is 2.38 bits per heavy atom. The molecule has 4 nitrogen and oxygen atoms in total. The second kappa shape index (κ2) is 5.37. The number of hydrogen-bond donors (Lipinski definition) is 2. The van der Waals surface area contributed by atoms with Gasteiger partial charge in [0.25, 0.3) is 10.0 Å². The van der Waals surface area contributed by atoms with Crippen molar-refractivity contribution in [2.75, 3.05) is 10.5 Å². The Kier molecular flexibility index (Phi) is 3.91. The van der Waals surface area contributed by atoms with Crippen LogP contribution in [-0.2, 0) is 10.0 Å². The first-order valence-electron chi connectivity index (χ1n) is 6.37. The molecule has 0 aromatic heterocycles. The van der Waals surface area contributed by atoms with Crippen LogP contribution < -0.4 is 10.5 Å². The number of benzene rings is 2. The first-order chi connectivity index (χ1) is 9.72. The lowest BCUT2D eigenvalue weighted by Gasteiger charge is -2.16. The standard InChI is InChI=1S/C15H17FN2O2S/c1-9-7-14(17)11(3)15(10(9)2)21(19,20)18-13-6-4-5-12(16)8-13/h4-8,18H,17H2,1-3H3. The Hall–Kier alpha value is -2.08. The van der Waals surface area contributed by atoms with Crippen LogP contribution in [0.15, 0.2) is 35.2 Å². The van der Waals surface area contributed by atoms with Gasteiger partial charge in [0.05, 0.1) is 10.6 Å². The van der Waals surface area contributed by atoms with Gasteiger partial charge in [0.1, 0.15) is 5.82 Å². The predicted octanol–water partition coefficient (Wildman–Crippen LogP) is 3.13. The van der Waals surface area contributed by atoms with Crippen molar-refractivity contribution in [3.05, 3.63) is 52.8 Å². The Bertz CT molecular complexity index is 775. The molecule has 2 aromatic carbocycles. The minimum Gasteiger partial charge on any atom is -0.398 e. The van der Waals surface area contributed by atoms with Crippen molar-refractivity contribution in [1.29, 1.82) is 0 Å². The number of rotatable bonds is 3. The number of sulfonamides is 1. The molecule has 6 heteroatoms. The molecule has 0 atom stereocenters. The van der Waals surface area contributed by atoms with Crippen LogP contribution in [0.2, 0.25) is 0 Å². The number of nitrogens with two attached hydrogens (primary N) is 1. The van der Waals surface area contributed by atoms with E-state index in [4.69, 9.17) is 5.73 Å². The van der Waals surface area contributed by atoms with E-state index in [1.54, 1.807) is 26.8 Å². The molecule has 21 heavy (non-hydrogen) atoms. The summed E-state index contributed by atoms with van der Waals surface area (Å²) in [7, 11) is -3.83. The quantitative estimate of drug-likeness (QED) is 0.856. The maximum absolute atomic E-state index is 13.2. The smallest absolute Gasteiger partial charge is 0.262 e. The van der Waals surface area contributed by atoms with E-state index in [9.17, 15) is 12.8 Å². The number of nitrogen functional groups attached to an aromatic ring is 1. The number of hydrogen-bond acceptors (Lipinski definition) is 3. The predicted molar refractivity (Wildman–Crippen MR) is 82.3 cm³/mol. The zero-order valence-electron chi connectivity index (χ0n) is 12.1. The molecule has 0 spiro atoms. The molecular weight excluding hydrogens is 291 g/mol. The second-order valence-electron chi connectivity index (χ2n) is 4.98. The highest BCUT2D eigenvalue weighted by molar-refractivity contribution is 7.92. The molecule has 0 aliphatic rings. The first-order valence-corrected chi connectivity index (χ1v) is 7.85. The van der Waals surface area contributed by atoms with Crippen LogP contribution in [-0.4, -0.2) is 8.42 Å². The van der Waals surface area contributed by atoms with Gasteiger partial charge in [-0.05, 0) is 61.7 Å². The van der Waals surface area contributed by atoms with Gasteiger partial charge in [0.2, 0.25) is 0 Å². The molecule has 0 bridgehead atoms. The maximum Gasteiger partial charge on any atom is 0.262 e. The van der Waals surface area contributed by atoms with Crippen LogP contribution in [0, 0.1) is 26.6 Å². The van der Waals surface area contributed by atoms with Crippen LogP contribution in [0.25, 0.3) is 0 Å². The normalized spacial score (nSPS) is 11.4. The van der Waals surface area contributed by atoms with Crippen LogP contribution in [0.5, 0.6) is 0 Å². The number of aryl methyl sites for hydroxylation is 1. The third-order valence-corrected chi connectivity index (χ3v) is 5.08. The summed E-state index contributed by atoms with van der Waals surface area (Å²) in [6, 6.07) is 7.05. The lowest BCUT2D eigenvalue weighted by Crippen LogP contribution is -2.17. The van der Waals surface area contributed by atoms with E-state index in [1.807, 2.05) is 0 Å². The summed E-state index contributed by atoms with van der Waals surface area (Å²) in [5, 5.41) is 0. The number of nitrogens with one attached hydrogen (secondary N) is 1. The molecule has 0 saturated carbocycles. The summed E-state index contributed by atoms with van der Waals surface area (Å²) in [6.07, 6.45) is 0. The van der Waals surface area contributed by atoms with Gasteiger partial charge in [0.15, 0.2) is 0 Å². The average molecular weight is 308 g/mol. The van der Waals surface area contributed by atoms with Gasteiger partial charge in [-0.25, -0.2) is 12.8 Å². The molecule has 0 aliphatic carbocycles. The molecule has 0 radical (unpaired) electrons. The van der Waals surface area contributed by atoms with Crippen LogP contribution in [0.4, 0.5) is 15.8 Å². The highest BCUT2D eigenvalue weighted by Crippen LogP contribution is 2.29. The van der Waals surface area contributed by atoms with Crippen molar-refractivity contribution >= 4 is 21.4 Å². The van der Waals surface area contributed by atoms with E-state index in [0.29, 0.717) is 16.8 Å². The maximum atomic E-state index is 13.2. The summed E-state index contributed by atoms with van der Waals surface area (Å²) >= 11 is 0. The molecule has 0 heterocycles. The van der Waals surface area contributed by atoms with Gasteiger partial charge in [-0.1, -0.05) is 6.07 Å². The summed E-state index contributed by atoms with van der Waals surface area (Å²) in [6.45, 7) is 5.18. The van der Waals surface area contributed by atoms with E-state index in [2.05, 4.69) is 4.72 Å². The molecular formula is C15H17FN2O2S. The highest BCUT2D eigenvalue weighted by atomic mass is 32.2. The summed E-state index contributed by atoms with van der Waals surface area (Å²) in [4.78, 5) is 0.143. The van der Waals surface area contributed by atoms with Crippen molar-refractivity contribution in [1.82, 2.24) is 0 Å². The monoisotopic (exact) mass is 308 g/mol. The molecule has 0 aliphatic heterocycles. The third-order valence-electron chi connectivity index (χ3n) is 3.42. The van der Waals surface area contributed by atoms with Gasteiger partial charge in [0, 0.05) is 5.69 Å². The van der Waals surface area contributed by atoms with Crippen LogP contribution in [0.3, 0.4) is 0 Å². The Morgan fingerprint density at radius 1 is 1.10 bits per heavy atom. The summed E-state index contributed by atoms with van der Waals surface area (Å²) in [5.74, 6) is -0.507. The average Bonchev–Trinajstić information content (AvgIpc) is 2.35. The molecule has 3 N–H and O–H groups in total. The fourth-order valence-electron chi connectivity index (χ4n) is 2.20. The Balaban J connectivity index is 2.55. The highest BCUT2D eigenvalue weighted by Gasteiger charge is 2.22. The van der Waals surface area contributed by atoms with Crippen molar-refractivity contribution in [3.8, 4) is 0 Å². The fraction of sp³-hybridized carbons (Fsp3) is 0.200. The van der Waals surface area contributed by atoms with Crippen LogP contribution >= 0.6 is 0 Å². The number of anilines is 2. The van der Waals surface area contributed by atoms with E-state index in [1.165, 1.54) is 18.2 Å². The minimum absolute atomic E-state index is 0.143. The van der Waals surface area contributed by atoms with Crippen molar-refractivity contribution in [2.45, 2.75) is 25.7 Å². The lowest BCUT2D eigenvalue weighted by molar-refractivity contribution is 0.599. The Labute approximate surface area is 123 Å². The molecule has 2 rings (SSSR count). The SMILES string of the molecule is Cc1cc(N)c(C)c(S(=O)(=O)Nc2cccc(F)c2)c1C. The molecule has 0 fully saturated rings. The van der Waals surface area contributed by atoms with E-state index >= 15 is 0 Å². The van der Waals surface area contributed by atoms with Gasteiger partial charge >= 0.3 is 0 Å². The molecule has 2 aromatic rings. The van der Waals surface area contributed by atoms with Gasteiger partial charge in [-0.2, -0.15) is 0 Å².